The molecule has 1 N–H and O–H groups in total. The van der Waals surface area contributed by atoms with Crippen molar-refractivity contribution in [2.45, 2.75) is 31.7 Å². The highest BCUT2D eigenvalue weighted by Crippen LogP contribution is 2.30. The molecule has 3 nitrogen and oxygen atoms in total. The summed E-state index contributed by atoms with van der Waals surface area (Å²) in [7, 11) is 0. The van der Waals surface area contributed by atoms with Crippen molar-refractivity contribution in [3.8, 4) is 0 Å². The summed E-state index contributed by atoms with van der Waals surface area (Å²) in [6.07, 6.45) is 7.18. The molecule has 0 unspecified atom stereocenters. The Morgan fingerprint density at radius 3 is 2.58 bits per heavy atom. The van der Waals surface area contributed by atoms with Gasteiger partial charge in [0.05, 0.1) is 4.47 Å². The Balaban J connectivity index is 1.53. The van der Waals surface area contributed by atoms with Crippen LogP contribution >= 0.6 is 31.9 Å². The number of nitrogens with one attached hydrogen (secondary N) is 1. The number of pyridine rings is 1. The molecule has 0 atom stereocenters. The molecule has 104 valence electrons. The van der Waals surface area contributed by atoms with Crippen molar-refractivity contribution in [1.29, 1.82) is 0 Å². The van der Waals surface area contributed by atoms with Crippen molar-refractivity contribution in [2.75, 3.05) is 24.5 Å². The van der Waals surface area contributed by atoms with Gasteiger partial charge in [0.1, 0.15) is 5.82 Å². The molecule has 3 rings (SSSR count). The predicted molar refractivity (Wildman–Crippen MR) is 85.6 cm³/mol. The molecule has 2 heterocycles. The van der Waals surface area contributed by atoms with Crippen molar-refractivity contribution < 1.29 is 0 Å². The summed E-state index contributed by atoms with van der Waals surface area (Å²) in [5.41, 5.74) is 0. The third-order valence-corrected chi connectivity index (χ3v) is 4.99. The second kappa shape index (κ2) is 6.10. The number of hydrogen-bond acceptors (Lipinski definition) is 3. The zero-order valence-corrected chi connectivity index (χ0v) is 14.1. The van der Waals surface area contributed by atoms with E-state index in [1.807, 2.05) is 6.20 Å². The van der Waals surface area contributed by atoms with Crippen LogP contribution in [-0.2, 0) is 0 Å². The van der Waals surface area contributed by atoms with Gasteiger partial charge in [0, 0.05) is 29.8 Å². The summed E-state index contributed by atoms with van der Waals surface area (Å²) in [5.74, 6) is 1.92. The van der Waals surface area contributed by atoms with Crippen LogP contribution in [-0.4, -0.2) is 30.7 Å². The highest BCUT2D eigenvalue weighted by atomic mass is 79.9. The summed E-state index contributed by atoms with van der Waals surface area (Å²) in [6.45, 7) is 3.43. The van der Waals surface area contributed by atoms with Crippen LogP contribution in [0.5, 0.6) is 0 Å². The van der Waals surface area contributed by atoms with Crippen LogP contribution in [0.15, 0.2) is 21.2 Å². The molecule has 0 amide bonds. The van der Waals surface area contributed by atoms with Gasteiger partial charge in [0.25, 0.3) is 0 Å². The highest BCUT2D eigenvalue weighted by molar-refractivity contribution is 9.11. The van der Waals surface area contributed by atoms with Crippen molar-refractivity contribution in [1.82, 2.24) is 10.3 Å². The zero-order valence-electron chi connectivity index (χ0n) is 10.9. The third-order valence-electron chi connectivity index (χ3n) is 3.98. The van der Waals surface area contributed by atoms with Gasteiger partial charge in [-0.05, 0) is 76.1 Å². The van der Waals surface area contributed by atoms with E-state index >= 15 is 0 Å². The highest BCUT2D eigenvalue weighted by Gasteiger charge is 2.25. The van der Waals surface area contributed by atoms with Gasteiger partial charge in [-0.2, -0.15) is 0 Å². The van der Waals surface area contributed by atoms with Gasteiger partial charge >= 0.3 is 0 Å². The predicted octanol–water partition coefficient (Wildman–Crippen LogP) is 3.58. The van der Waals surface area contributed by atoms with E-state index in [9.17, 15) is 0 Å². The maximum atomic E-state index is 4.53. The third kappa shape index (κ3) is 3.70. The van der Waals surface area contributed by atoms with Gasteiger partial charge in [0.15, 0.2) is 0 Å². The van der Waals surface area contributed by atoms with Crippen LogP contribution in [0.3, 0.4) is 0 Å². The van der Waals surface area contributed by atoms with Gasteiger partial charge in [-0.3, -0.25) is 0 Å². The summed E-state index contributed by atoms with van der Waals surface area (Å²) in [5, 5.41) is 3.65. The molecule has 1 aliphatic heterocycles. The summed E-state index contributed by atoms with van der Waals surface area (Å²) in [6, 6.07) is 2.91. The lowest BCUT2D eigenvalue weighted by Crippen LogP contribution is -2.38. The maximum Gasteiger partial charge on any atom is 0.142 e. The largest absolute Gasteiger partial charge is 0.356 e. The first-order valence-electron chi connectivity index (χ1n) is 7.02. The Morgan fingerprint density at radius 1 is 1.21 bits per heavy atom. The molecule has 0 bridgehead atoms. The maximum absolute atomic E-state index is 4.53. The number of aromatic nitrogens is 1. The molecule has 5 heteroatoms. The Hall–Kier alpha value is -0.130. The molecule has 1 saturated heterocycles. The minimum absolute atomic E-state index is 0.834. The zero-order chi connectivity index (χ0) is 13.2. The monoisotopic (exact) mass is 387 g/mol. The molecule has 19 heavy (non-hydrogen) atoms. The molecular formula is C14H19Br2N3. The normalized spacial score (nSPS) is 20.8. The Bertz CT molecular complexity index is 440. The number of rotatable bonds is 4. The molecular weight excluding hydrogens is 370 g/mol. The molecule has 2 aliphatic rings. The number of nitrogens with zero attached hydrogens (tertiary/aromatic N) is 2. The van der Waals surface area contributed by atoms with Gasteiger partial charge in [-0.1, -0.05) is 0 Å². The number of anilines is 1. The molecule has 2 fully saturated rings. The van der Waals surface area contributed by atoms with Gasteiger partial charge in [-0.25, -0.2) is 4.98 Å². The smallest absolute Gasteiger partial charge is 0.142 e. The molecule has 1 aromatic rings. The first kappa shape index (κ1) is 13.8. The van der Waals surface area contributed by atoms with E-state index < -0.39 is 0 Å². The van der Waals surface area contributed by atoms with Crippen molar-refractivity contribution in [2.24, 2.45) is 5.92 Å². The topological polar surface area (TPSA) is 28.2 Å². The second-order valence-corrected chi connectivity index (χ2v) is 7.34. The van der Waals surface area contributed by atoms with E-state index in [4.69, 9.17) is 0 Å². The number of hydrogen-bond donors (Lipinski definition) is 1. The Labute approximate surface area is 131 Å². The van der Waals surface area contributed by atoms with E-state index in [1.165, 1.54) is 32.2 Å². The van der Waals surface area contributed by atoms with E-state index in [2.05, 4.69) is 53.1 Å². The number of piperidine rings is 1. The fourth-order valence-corrected chi connectivity index (χ4v) is 3.85. The van der Waals surface area contributed by atoms with Gasteiger partial charge in [-0.15, -0.1) is 0 Å². The van der Waals surface area contributed by atoms with Gasteiger partial charge in [0.2, 0.25) is 0 Å². The molecule has 1 aliphatic carbocycles. The number of halogens is 2. The fraction of sp³-hybridized carbons (Fsp3) is 0.643. The Kier molecular flexibility index (Phi) is 4.44. The summed E-state index contributed by atoms with van der Waals surface area (Å²) >= 11 is 7.06. The van der Waals surface area contributed by atoms with Crippen LogP contribution < -0.4 is 10.2 Å². The van der Waals surface area contributed by atoms with Crippen molar-refractivity contribution in [3.63, 3.8) is 0 Å². The SMILES string of the molecule is Brc1cnc(N2CCC(CNC3CC3)CC2)c(Br)c1. The second-order valence-electron chi connectivity index (χ2n) is 5.57. The molecule has 1 aromatic heterocycles. The van der Waals surface area contributed by atoms with Crippen molar-refractivity contribution in [3.05, 3.63) is 21.2 Å². The van der Waals surface area contributed by atoms with E-state index in [0.29, 0.717) is 0 Å². The molecule has 0 spiro atoms. The lowest BCUT2D eigenvalue weighted by atomic mass is 9.97. The summed E-state index contributed by atoms with van der Waals surface area (Å²) in [4.78, 5) is 6.92. The first-order chi connectivity index (χ1) is 9.22. The van der Waals surface area contributed by atoms with Crippen LogP contribution in [0.1, 0.15) is 25.7 Å². The van der Waals surface area contributed by atoms with E-state index in [0.717, 1.165) is 39.8 Å². The molecule has 0 radical (unpaired) electrons. The van der Waals surface area contributed by atoms with Crippen LogP contribution in [0, 0.1) is 5.92 Å². The average molecular weight is 389 g/mol. The summed E-state index contributed by atoms with van der Waals surface area (Å²) < 4.78 is 2.10. The van der Waals surface area contributed by atoms with Gasteiger partial charge < -0.3 is 10.2 Å². The van der Waals surface area contributed by atoms with Crippen LogP contribution in [0.25, 0.3) is 0 Å². The van der Waals surface area contributed by atoms with Crippen LogP contribution in [0.2, 0.25) is 0 Å². The first-order valence-corrected chi connectivity index (χ1v) is 8.60. The van der Waals surface area contributed by atoms with E-state index in [1.54, 1.807) is 0 Å². The molecule has 0 aromatic carbocycles. The van der Waals surface area contributed by atoms with E-state index in [-0.39, 0.29) is 0 Å². The lowest BCUT2D eigenvalue weighted by Gasteiger charge is -2.33. The van der Waals surface area contributed by atoms with Crippen molar-refractivity contribution >= 4 is 37.7 Å². The average Bonchev–Trinajstić information content (AvgIpc) is 3.21. The Morgan fingerprint density at radius 2 is 1.95 bits per heavy atom. The standard InChI is InChI=1S/C14H19Br2N3/c15-11-7-13(16)14(18-9-11)19-5-3-10(4-6-19)8-17-12-1-2-12/h7,9-10,12,17H,1-6,8H2. The molecule has 1 saturated carbocycles. The minimum atomic E-state index is 0.834. The quantitative estimate of drug-likeness (QED) is 0.854. The fourth-order valence-electron chi connectivity index (χ4n) is 2.61. The minimum Gasteiger partial charge on any atom is -0.356 e. The lowest BCUT2D eigenvalue weighted by molar-refractivity contribution is 0.380. The van der Waals surface area contributed by atoms with Crippen LogP contribution in [0.4, 0.5) is 5.82 Å².